The summed E-state index contributed by atoms with van der Waals surface area (Å²) >= 11 is 0. The average molecular weight is 318 g/mol. The second-order valence-electron chi connectivity index (χ2n) is 5.99. The van der Waals surface area contributed by atoms with Gasteiger partial charge in [-0.25, -0.2) is 4.98 Å². The van der Waals surface area contributed by atoms with Gasteiger partial charge in [0.15, 0.2) is 0 Å². The van der Waals surface area contributed by atoms with Gasteiger partial charge in [0.05, 0.1) is 12.2 Å². The first-order valence-corrected chi connectivity index (χ1v) is 8.60. The molecule has 1 heterocycles. The minimum atomic E-state index is -0.161. The summed E-state index contributed by atoms with van der Waals surface area (Å²) < 4.78 is 6.02. The van der Waals surface area contributed by atoms with Crippen molar-refractivity contribution in [3.05, 3.63) is 17.2 Å². The molecule has 0 aliphatic rings. The van der Waals surface area contributed by atoms with Gasteiger partial charge in [-0.1, -0.05) is 40.0 Å². The zero-order valence-electron chi connectivity index (χ0n) is 14.9. The molecule has 0 aromatic carbocycles. The molecule has 1 aromatic heterocycles. The highest BCUT2D eigenvalue weighted by Crippen LogP contribution is 2.21. The highest BCUT2D eigenvalue weighted by Gasteiger charge is 2.15. The Labute approximate surface area is 140 Å². The fourth-order valence-electron chi connectivity index (χ4n) is 2.51. The summed E-state index contributed by atoms with van der Waals surface area (Å²) in [5.41, 5.74) is 7.15. The van der Waals surface area contributed by atoms with Gasteiger partial charge in [0.1, 0.15) is 23.9 Å². The van der Waals surface area contributed by atoms with Crippen LogP contribution in [0.3, 0.4) is 0 Å². The lowest BCUT2D eigenvalue weighted by Crippen LogP contribution is -2.26. The van der Waals surface area contributed by atoms with Crippen LogP contribution in [0, 0.1) is 24.2 Å². The fourth-order valence-corrected chi connectivity index (χ4v) is 2.51. The molecule has 1 aromatic rings. The van der Waals surface area contributed by atoms with Gasteiger partial charge in [0.2, 0.25) is 0 Å². The van der Waals surface area contributed by atoms with Crippen molar-refractivity contribution in [1.82, 2.24) is 4.98 Å². The molecule has 23 heavy (non-hydrogen) atoms. The Balaban J connectivity index is 2.72. The minimum Gasteiger partial charge on any atom is -0.384 e. The van der Waals surface area contributed by atoms with E-state index in [0.717, 1.165) is 25.0 Å². The first kappa shape index (κ1) is 19.2. The van der Waals surface area contributed by atoms with E-state index < -0.39 is 0 Å². The van der Waals surface area contributed by atoms with E-state index in [9.17, 15) is 5.26 Å². The van der Waals surface area contributed by atoms with Crippen molar-refractivity contribution in [2.45, 2.75) is 66.0 Å². The third kappa shape index (κ3) is 6.07. The van der Waals surface area contributed by atoms with Gasteiger partial charge in [0, 0.05) is 0 Å². The molecule has 0 saturated carbocycles. The third-order valence-electron chi connectivity index (χ3n) is 4.09. The molecule has 2 unspecified atom stereocenters. The molecule has 5 nitrogen and oxygen atoms in total. The van der Waals surface area contributed by atoms with Crippen LogP contribution < -0.4 is 11.1 Å². The number of unbranched alkanes of at least 4 members (excludes halogenated alkanes) is 1. The maximum Gasteiger partial charge on any atom is 0.148 e. The third-order valence-corrected chi connectivity index (χ3v) is 4.09. The number of nitrogens with two attached hydrogens (primary N) is 1. The van der Waals surface area contributed by atoms with E-state index in [0.29, 0.717) is 23.1 Å². The van der Waals surface area contributed by atoms with Crippen LogP contribution in [-0.4, -0.2) is 17.8 Å². The molecule has 3 N–H and O–H groups in total. The number of pyridine rings is 1. The predicted octanol–water partition coefficient (Wildman–Crippen LogP) is 4.22. The molecule has 0 spiro atoms. The van der Waals surface area contributed by atoms with Crippen molar-refractivity contribution in [3.63, 3.8) is 0 Å². The lowest BCUT2D eigenvalue weighted by Gasteiger charge is -2.23. The summed E-state index contributed by atoms with van der Waals surface area (Å²) in [5.74, 6) is 1.50. The zero-order valence-corrected chi connectivity index (χ0v) is 14.9. The second kappa shape index (κ2) is 10.1. The van der Waals surface area contributed by atoms with Gasteiger partial charge in [-0.2, -0.15) is 5.26 Å². The van der Waals surface area contributed by atoms with Crippen molar-refractivity contribution in [2.24, 2.45) is 5.92 Å². The smallest absolute Gasteiger partial charge is 0.148 e. The average Bonchev–Trinajstić information content (AvgIpc) is 2.53. The molecule has 0 aliphatic heterocycles. The van der Waals surface area contributed by atoms with Crippen LogP contribution in [0.1, 0.15) is 64.0 Å². The van der Waals surface area contributed by atoms with Gasteiger partial charge in [-0.05, 0) is 37.3 Å². The largest absolute Gasteiger partial charge is 0.384 e. The molecule has 128 valence electrons. The van der Waals surface area contributed by atoms with Gasteiger partial charge in [0.25, 0.3) is 0 Å². The molecule has 0 bridgehead atoms. The topological polar surface area (TPSA) is 84.0 Å². The Morgan fingerprint density at radius 1 is 1.35 bits per heavy atom. The van der Waals surface area contributed by atoms with Gasteiger partial charge in [-0.15, -0.1) is 0 Å². The number of aryl methyl sites for hydroxylation is 1. The Bertz CT molecular complexity index is 524. The number of hydrogen-bond donors (Lipinski definition) is 2. The number of rotatable bonds is 10. The molecule has 2 atom stereocenters. The summed E-state index contributed by atoms with van der Waals surface area (Å²) in [6.07, 6.45) is 5.40. The van der Waals surface area contributed by atoms with E-state index in [4.69, 9.17) is 10.5 Å². The molecule has 0 aliphatic carbocycles. The maximum absolute atomic E-state index is 9.32. The number of nitrogens with zero attached hydrogens (tertiary/aromatic N) is 2. The molecule has 0 fully saturated rings. The van der Waals surface area contributed by atoms with Crippen LogP contribution in [0.2, 0.25) is 0 Å². The number of nitriles is 1. The highest BCUT2D eigenvalue weighted by molar-refractivity contribution is 5.59. The molecule has 5 heteroatoms. The Hall–Kier alpha value is -1.80. The Morgan fingerprint density at radius 3 is 2.65 bits per heavy atom. The normalized spacial score (nSPS) is 13.3. The fraction of sp³-hybridized carbons (Fsp3) is 0.667. The first-order valence-electron chi connectivity index (χ1n) is 8.60. The van der Waals surface area contributed by atoms with Crippen LogP contribution in [-0.2, 0) is 4.74 Å². The SMILES string of the molecule is CCCCC(CC)COC(CC)Nc1nc(N)cc(C)c1C#N. The van der Waals surface area contributed by atoms with Gasteiger partial charge >= 0.3 is 0 Å². The van der Waals surface area contributed by atoms with Crippen LogP contribution in [0.15, 0.2) is 6.07 Å². The summed E-state index contributed by atoms with van der Waals surface area (Å²) in [6, 6.07) is 3.90. The van der Waals surface area contributed by atoms with Crippen molar-refractivity contribution >= 4 is 11.6 Å². The van der Waals surface area contributed by atoms with Crippen LogP contribution in [0.5, 0.6) is 0 Å². The first-order chi connectivity index (χ1) is 11.0. The Kier molecular flexibility index (Phi) is 8.42. The summed E-state index contributed by atoms with van der Waals surface area (Å²) in [6.45, 7) is 9.05. The zero-order chi connectivity index (χ0) is 17.2. The summed E-state index contributed by atoms with van der Waals surface area (Å²) in [4.78, 5) is 4.25. The van der Waals surface area contributed by atoms with Crippen molar-refractivity contribution in [1.29, 1.82) is 5.26 Å². The second-order valence-corrected chi connectivity index (χ2v) is 5.99. The van der Waals surface area contributed by atoms with Gasteiger partial charge in [-0.3, -0.25) is 0 Å². The molecular weight excluding hydrogens is 288 g/mol. The molecule has 1 rings (SSSR count). The lowest BCUT2D eigenvalue weighted by atomic mass is 10.0. The summed E-state index contributed by atoms with van der Waals surface area (Å²) in [7, 11) is 0. The molecule has 0 saturated heterocycles. The van der Waals surface area contributed by atoms with Gasteiger partial charge < -0.3 is 15.8 Å². The Morgan fingerprint density at radius 2 is 2.09 bits per heavy atom. The number of nitrogen functional groups attached to an aromatic ring is 1. The lowest BCUT2D eigenvalue weighted by molar-refractivity contribution is 0.0397. The van der Waals surface area contributed by atoms with Crippen molar-refractivity contribution in [2.75, 3.05) is 17.7 Å². The quantitative estimate of drug-likeness (QED) is 0.631. The number of anilines is 2. The predicted molar refractivity (Wildman–Crippen MR) is 95.1 cm³/mol. The van der Waals surface area contributed by atoms with E-state index >= 15 is 0 Å². The van der Waals surface area contributed by atoms with E-state index in [-0.39, 0.29) is 6.23 Å². The molecule has 0 amide bonds. The molecular formula is C18H30N4O. The molecule has 0 radical (unpaired) electrons. The van der Waals surface area contributed by atoms with Crippen molar-refractivity contribution in [3.8, 4) is 6.07 Å². The van der Waals surface area contributed by atoms with E-state index in [1.54, 1.807) is 6.07 Å². The monoisotopic (exact) mass is 318 g/mol. The number of hydrogen-bond acceptors (Lipinski definition) is 5. The summed E-state index contributed by atoms with van der Waals surface area (Å²) in [5, 5.41) is 12.5. The van der Waals surface area contributed by atoms with E-state index in [1.165, 1.54) is 19.3 Å². The van der Waals surface area contributed by atoms with E-state index in [2.05, 4.69) is 37.1 Å². The number of nitrogens with one attached hydrogen (secondary N) is 1. The maximum atomic E-state index is 9.32. The number of ether oxygens (including phenoxy) is 1. The van der Waals surface area contributed by atoms with Crippen molar-refractivity contribution < 1.29 is 4.74 Å². The van der Waals surface area contributed by atoms with Crippen LogP contribution >= 0.6 is 0 Å². The van der Waals surface area contributed by atoms with E-state index in [1.807, 2.05) is 6.92 Å². The highest BCUT2D eigenvalue weighted by atomic mass is 16.5. The minimum absolute atomic E-state index is 0.161. The standard InChI is InChI=1S/C18H30N4O/c1-5-8-9-14(6-2)12-23-17(7-3)22-18-15(11-19)13(4)10-16(20)21-18/h10,14,17H,5-9,12H2,1-4H3,(H3,20,21,22). The van der Waals surface area contributed by atoms with Crippen LogP contribution in [0.4, 0.5) is 11.6 Å². The van der Waals surface area contributed by atoms with Crippen LogP contribution in [0.25, 0.3) is 0 Å². The number of aromatic nitrogens is 1.